The van der Waals surface area contributed by atoms with Crippen molar-refractivity contribution >= 4 is 11.6 Å². The zero-order valence-electron chi connectivity index (χ0n) is 11.4. The smallest absolute Gasteiger partial charge is 0.224 e. The lowest BCUT2D eigenvalue weighted by molar-refractivity contribution is -0.134. The zero-order valence-corrected chi connectivity index (χ0v) is 11.4. The molecule has 1 aliphatic heterocycles. The molecule has 0 radical (unpaired) electrons. The molecule has 1 heterocycles. The van der Waals surface area contributed by atoms with Gasteiger partial charge in [-0.05, 0) is 12.1 Å². The van der Waals surface area contributed by atoms with Crippen LogP contribution in [0.3, 0.4) is 0 Å². The number of ether oxygens (including phenoxy) is 1. The van der Waals surface area contributed by atoms with E-state index in [1.165, 1.54) is 12.1 Å². The number of nitrogens with zero attached hydrogens (tertiary/aromatic N) is 2. The Morgan fingerprint density at radius 1 is 1.33 bits per heavy atom. The van der Waals surface area contributed by atoms with Crippen molar-refractivity contribution in [2.75, 3.05) is 38.2 Å². The van der Waals surface area contributed by atoms with E-state index in [0.717, 1.165) is 0 Å². The monoisotopic (exact) mass is 295 g/mol. The van der Waals surface area contributed by atoms with E-state index in [1.807, 2.05) is 0 Å². The Kier molecular flexibility index (Phi) is 5.06. The molecular weight excluding hydrogens is 280 g/mol. The number of nitrogens with one attached hydrogen (secondary N) is 1. The summed E-state index contributed by atoms with van der Waals surface area (Å²) in [5.74, 6) is -2.34. The van der Waals surface area contributed by atoms with Gasteiger partial charge in [0, 0.05) is 26.1 Å². The molecular formula is C14H15F2N3O2. The van der Waals surface area contributed by atoms with Crippen molar-refractivity contribution in [1.29, 1.82) is 5.26 Å². The van der Waals surface area contributed by atoms with Gasteiger partial charge in [0.05, 0.1) is 24.5 Å². The minimum absolute atomic E-state index is 0.0544. The number of benzene rings is 1. The molecule has 1 fully saturated rings. The average Bonchev–Trinajstić information content (AvgIpc) is 2.52. The van der Waals surface area contributed by atoms with Gasteiger partial charge in [0.2, 0.25) is 5.91 Å². The summed E-state index contributed by atoms with van der Waals surface area (Å²) in [5.41, 5.74) is -0.399. The van der Waals surface area contributed by atoms with Crippen molar-refractivity contribution in [3.63, 3.8) is 0 Å². The number of hydrogen-bond acceptors (Lipinski definition) is 4. The fraction of sp³-hybridized carbons (Fsp3) is 0.429. The number of hydrogen-bond donors (Lipinski definition) is 1. The lowest BCUT2D eigenvalue weighted by Crippen LogP contribution is -2.41. The van der Waals surface area contributed by atoms with Crippen LogP contribution >= 0.6 is 0 Å². The summed E-state index contributed by atoms with van der Waals surface area (Å²) in [5, 5.41) is 11.3. The van der Waals surface area contributed by atoms with Crippen molar-refractivity contribution in [1.82, 2.24) is 4.90 Å². The van der Waals surface area contributed by atoms with Crippen molar-refractivity contribution in [3.05, 3.63) is 29.3 Å². The second kappa shape index (κ2) is 6.99. The Morgan fingerprint density at radius 3 is 2.71 bits per heavy atom. The van der Waals surface area contributed by atoms with Gasteiger partial charge >= 0.3 is 0 Å². The first kappa shape index (κ1) is 15.2. The van der Waals surface area contributed by atoms with E-state index < -0.39 is 11.6 Å². The normalized spacial score (nSPS) is 14.6. The number of anilines is 1. The van der Waals surface area contributed by atoms with Gasteiger partial charge in [-0.15, -0.1) is 0 Å². The van der Waals surface area contributed by atoms with Crippen LogP contribution in [0, 0.1) is 23.0 Å². The minimum atomic E-state index is -1.18. The van der Waals surface area contributed by atoms with Gasteiger partial charge in [-0.1, -0.05) is 0 Å². The molecule has 1 N–H and O–H groups in total. The number of morpholine rings is 1. The summed E-state index contributed by atoms with van der Waals surface area (Å²) in [6.07, 6.45) is 0.182. The number of halogens is 2. The maximum atomic E-state index is 13.6. The first-order valence-corrected chi connectivity index (χ1v) is 6.61. The molecule has 2 rings (SSSR count). The molecule has 1 saturated heterocycles. The molecule has 0 unspecified atom stereocenters. The molecule has 0 aliphatic carbocycles. The molecule has 5 nitrogen and oxygen atoms in total. The summed E-state index contributed by atoms with van der Waals surface area (Å²) in [6.45, 7) is 2.35. The van der Waals surface area contributed by atoms with Crippen LogP contribution in [0.5, 0.6) is 0 Å². The minimum Gasteiger partial charge on any atom is -0.382 e. The second-order valence-electron chi connectivity index (χ2n) is 4.57. The van der Waals surface area contributed by atoms with E-state index in [0.29, 0.717) is 26.3 Å². The molecule has 1 aromatic carbocycles. The standard InChI is InChI=1S/C14H15F2N3O2/c15-13-10(9-17)1-2-11(14(13)16)18-4-3-12(20)19-5-7-21-8-6-19/h1-2,18H,3-8H2. The van der Waals surface area contributed by atoms with Gasteiger partial charge in [0.15, 0.2) is 11.6 Å². The molecule has 0 atom stereocenters. The molecule has 21 heavy (non-hydrogen) atoms. The molecule has 1 aromatic rings. The molecule has 0 bridgehead atoms. The van der Waals surface area contributed by atoms with E-state index in [1.54, 1.807) is 11.0 Å². The number of amides is 1. The Balaban J connectivity index is 1.87. The predicted molar refractivity (Wildman–Crippen MR) is 71.6 cm³/mol. The molecule has 0 aromatic heterocycles. The maximum Gasteiger partial charge on any atom is 0.224 e. The first-order valence-electron chi connectivity index (χ1n) is 6.61. The fourth-order valence-corrected chi connectivity index (χ4v) is 2.05. The highest BCUT2D eigenvalue weighted by atomic mass is 19.2. The molecule has 0 saturated carbocycles. The highest BCUT2D eigenvalue weighted by molar-refractivity contribution is 5.76. The second-order valence-corrected chi connectivity index (χ2v) is 4.57. The summed E-state index contributed by atoms with van der Waals surface area (Å²) < 4.78 is 32.2. The van der Waals surface area contributed by atoms with Gasteiger partial charge in [0.25, 0.3) is 0 Å². The van der Waals surface area contributed by atoms with Crippen LogP contribution in [0.2, 0.25) is 0 Å². The van der Waals surface area contributed by atoms with E-state index in [-0.39, 0.29) is 30.1 Å². The van der Waals surface area contributed by atoms with Crippen LogP contribution in [0.1, 0.15) is 12.0 Å². The molecule has 1 aliphatic rings. The van der Waals surface area contributed by atoms with Gasteiger partial charge in [0.1, 0.15) is 6.07 Å². The molecule has 112 valence electrons. The average molecular weight is 295 g/mol. The van der Waals surface area contributed by atoms with Crippen molar-refractivity contribution < 1.29 is 18.3 Å². The van der Waals surface area contributed by atoms with Crippen LogP contribution in [0.4, 0.5) is 14.5 Å². The van der Waals surface area contributed by atoms with E-state index in [4.69, 9.17) is 10.00 Å². The highest BCUT2D eigenvalue weighted by Crippen LogP contribution is 2.20. The van der Waals surface area contributed by atoms with Crippen LogP contribution < -0.4 is 5.32 Å². The number of nitriles is 1. The Labute approximate surface area is 121 Å². The third-order valence-electron chi connectivity index (χ3n) is 3.22. The van der Waals surface area contributed by atoms with Crippen LogP contribution in [-0.4, -0.2) is 43.7 Å². The lowest BCUT2D eigenvalue weighted by Gasteiger charge is -2.26. The molecule has 1 amide bonds. The largest absolute Gasteiger partial charge is 0.382 e. The van der Waals surface area contributed by atoms with Crippen LogP contribution in [0.15, 0.2) is 12.1 Å². The van der Waals surface area contributed by atoms with Crippen molar-refractivity contribution in [3.8, 4) is 6.07 Å². The third kappa shape index (κ3) is 3.67. The number of carbonyl (C=O) groups is 1. The van der Waals surface area contributed by atoms with E-state index in [9.17, 15) is 13.6 Å². The van der Waals surface area contributed by atoms with Crippen molar-refractivity contribution in [2.45, 2.75) is 6.42 Å². The summed E-state index contributed by atoms with van der Waals surface area (Å²) in [6, 6.07) is 4.05. The summed E-state index contributed by atoms with van der Waals surface area (Å²) in [4.78, 5) is 13.5. The van der Waals surface area contributed by atoms with E-state index >= 15 is 0 Å². The molecule has 0 spiro atoms. The first-order chi connectivity index (χ1) is 10.1. The highest BCUT2D eigenvalue weighted by Gasteiger charge is 2.17. The van der Waals surface area contributed by atoms with Crippen molar-refractivity contribution in [2.24, 2.45) is 0 Å². The Bertz CT molecular complexity index is 566. The Morgan fingerprint density at radius 2 is 2.05 bits per heavy atom. The quantitative estimate of drug-likeness (QED) is 0.914. The SMILES string of the molecule is N#Cc1ccc(NCCC(=O)N2CCOCC2)c(F)c1F. The van der Waals surface area contributed by atoms with Gasteiger partial charge in [-0.3, -0.25) is 4.79 Å². The predicted octanol–water partition coefficient (Wildman–Crippen LogP) is 1.50. The summed E-state index contributed by atoms with van der Waals surface area (Å²) >= 11 is 0. The van der Waals surface area contributed by atoms with Crippen LogP contribution in [0.25, 0.3) is 0 Å². The van der Waals surface area contributed by atoms with Gasteiger partial charge in [-0.25, -0.2) is 8.78 Å². The Hall–Kier alpha value is -2.20. The lowest BCUT2D eigenvalue weighted by atomic mass is 10.2. The van der Waals surface area contributed by atoms with Gasteiger partial charge in [-0.2, -0.15) is 5.26 Å². The number of carbonyl (C=O) groups excluding carboxylic acids is 1. The van der Waals surface area contributed by atoms with Gasteiger partial charge < -0.3 is 15.0 Å². The zero-order chi connectivity index (χ0) is 15.2. The summed E-state index contributed by atoms with van der Waals surface area (Å²) in [7, 11) is 0. The van der Waals surface area contributed by atoms with E-state index in [2.05, 4.69) is 5.32 Å². The topological polar surface area (TPSA) is 65.4 Å². The van der Waals surface area contributed by atoms with Crippen LogP contribution in [-0.2, 0) is 9.53 Å². The molecule has 7 heteroatoms. The third-order valence-corrected chi connectivity index (χ3v) is 3.22. The fourth-order valence-electron chi connectivity index (χ4n) is 2.05. The maximum absolute atomic E-state index is 13.6. The number of rotatable bonds is 4.